The fourth-order valence-electron chi connectivity index (χ4n) is 10.0. The van der Waals surface area contributed by atoms with Crippen LogP contribution in [0.2, 0.25) is 0 Å². The number of carbonyl (C=O) groups is 1. The van der Waals surface area contributed by atoms with Crippen molar-refractivity contribution >= 4 is 21.9 Å². The maximum Gasteiger partial charge on any atom is 0.338 e. The molecule has 1 aromatic carbocycles. The summed E-state index contributed by atoms with van der Waals surface area (Å²) in [5, 5.41) is 0.998. The normalized spacial score (nSPS) is 34.6. The minimum atomic E-state index is -0.198. The lowest BCUT2D eigenvalue weighted by Gasteiger charge is -2.58. The number of esters is 1. The van der Waals surface area contributed by atoms with E-state index in [-0.39, 0.29) is 17.5 Å². The zero-order valence-electron chi connectivity index (χ0n) is 27.1. The summed E-state index contributed by atoms with van der Waals surface area (Å²) in [6.07, 6.45) is 18.9. The average Bonchev–Trinajstić information content (AvgIpc) is 3.33. The smallest absolute Gasteiger partial charge is 0.338 e. The summed E-state index contributed by atoms with van der Waals surface area (Å²) in [7, 11) is 0. The highest BCUT2D eigenvalue weighted by Crippen LogP contribution is 2.67. The van der Waals surface area contributed by atoms with E-state index in [1.54, 1.807) is 5.57 Å². The van der Waals surface area contributed by atoms with Crippen LogP contribution in [-0.2, 0) is 4.74 Å². The van der Waals surface area contributed by atoms with Gasteiger partial charge in [0.05, 0.1) is 12.2 Å². The Morgan fingerprint density at radius 1 is 0.952 bits per heavy atom. The van der Waals surface area contributed by atoms with E-state index < -0.39 is 0 Å². The molecule has 1 unspecified atom stereocenters. The Hall–Kier alpha value is -1.29. The number of hydrogen-bond donors (Lipinski definition) is 0. The summed E-state index contributed by atoms with van der Waals surface area (Å²) < 4.78 is 11.9. The van der Waals surface area contributed by atoms with Gasteiger partial charge < -0.3 is 9.47 Å². The fraction of sp³-hybridized carbons (Fsp3) is 0.763. The Morgan fingerprint density at radius 2 is 1.74 bits per heavy atom. The second kappa shape index (κ2) is 13.8. The molecular weight excluding hydrogens is 584 g/mol. The summed E-state index contributed by atoms with van der Waals surface area (Å²) >= 11 is 3.46. The van der Waals surface area contributed by atoms with Crippen LogP contribution in [0.5, 0.6) is 5.75 Å². The molecule has 0 saturated heterocycles. The van der Waals surface area contributed by atoms with Gasteiger partial charge in [-0.25, -0.2) is 4.79 Å². The van der Waals surface area contributed by atoms with Crippen LogP contribution in [0.1, 0.15) is 128 Å². The molecule has 0 aromatic heterocycles. The largest absolute Gasteiger partial charge is 0.494 e. The first-order valence-electron chi connectivity index (χ1n) is 17.3. The summed E-state index contributed by atoms with van der Waals surface area (Å²) in [5.41, 5.74) is 3.01. The zero-order chi connectivity index (χ0) is 29.9. The van der Waals surface area contributed by atoms with Crippen LogP contribution in [0, 0.1) is 46.3 Å². The molecule has 3 nitrogen and oxygen atoms in total. The number of carbonyl (C=O) groups excluding carboxylic acids is 1. The van der Waals surface area contributed by atoms with Crippen molar-refractivity contribution in [3.63, 3.8) is 0 Å². The standard InChI is InChI=1S/C38H57BrO3/c1-26(2)9-8-10-27(3)33-17-18-34-32-16-13-29-25-31(19-21-37(29,4)35(32)20-22-38(33,34)5)42-36(40)28-11-14-30(15-12-28)41-24-7-6-23-39/h11-15,26-27,31-35H,6-10,16-25H2,1-5H3/t27-,31?,32+,33-,34+,35+,37+,38-/m1/s1. The van der Waals surface area contributed by atoms with Crippen molar-refractivity contribution in [1.29, 1.82) is 0 Å². The van der Waals surface area contributed by atoms with Crippen molar-refractivity contribution in [1.82, 2.24) is 0 Å². The third-order valence-electron chi connectivity index (χ3n) is 12.4. The molecule has 234 valence electrons. The van der Waals surface area contributed by atoms with Gasteiger partial charge >= 0.3 is 5.97 Å². The molecule has 4 heteroatoms. The molecule has 5 rings (SSSR count). The zero-order valence-corrected chi connectivity index (χ0v) is 28.7. The molecule has 0 spiro atoms. The maximum atomic E-state index is 13.0. The van der Waals surface area contributed by atoms with E-state index in [9.17, 15) is 4.79 Å². The van der Waals surface area contributed by atoms with Crippen LogP contribution in [0.4, 0.5) is 0 Å². The minimum absolute atomic E-state index is 0.00930. The van der Waals surface area contributed by atoms with Gasteiger partial charge in [-0.1, -0.05) is 81.5 Å². The Labute approximate surface area is 265 Å². The first kappa shape index (κ1) is 32.1. The van der Waals surface area contributed by atoms with Gasteiger partial charge in [0.15, 0.2) is 0 Å². The van der Waals surface area contributed by atoms with E-state index in [0.29, 0.717) is 17.6 Å². The molecular formula is C38H57BrO3. The van der Waals surface area contributed by atoms with Crippen LogP contribution in [0.3, 0.4) is 0 Å². The number of allylic oxidation sites excluding steroid dienone is 1. The molecule has 0 N–H and O–H groups in total. The minimum Gasteiger partial charge on any atom is -0.494 e. The number of alkyl halides is 1. The van der Waals surface area contributed by atoms with Gasteiger partial charge in [-0.2, -0.15) is 0 Å². The maximum absolute atomic E-state index is 13.0. The molecule has 1 aromatic rings. The lowest BCUT2D eigenvalue weighted by atomic mass is 9.47. The van der Waals surface area contributed by atoms with Crippen molar-refractivity contribution in [2.24, 2.45) is 46.3 Å². The number of ether oxygens (including phenoxy) is 2. The monoisotopic (exact) mass is 640 g/mol. The van der Waals surface area contributed by atoms with Crippen molar-refractivity contribution < 1.29 is 14.3 Å². The second-order valence-corrected chi connectivity index (χ2v) is 16.1. The van der Waals surface area contributed by atoms with Gasteiger partial charge in [0, 0.05) is 11.8 Å². The predicted molar refractivity (Wildman–Crippen MR) is 177 cm³/mol. The van der Waals surface area contributed by atoms with Gasteiger partial charge in [-0.3, -0.25) is 0 Å². The Balaban J connectivity index is 1.18. The van der Waals surface area contributed by atoms with Crippen molar-refractivity contribution in [3.8, 4) is 5.75 Å². The molecule has 3 saturated carbocycles. The highest BCUT2D eigenvalue weighted by Gasteiger charge is 2.59. The van der Waals surface area contributed by atoms with E-state index in [0.717, 1.165) is 78.7 Å². The lowest BCUT2D eigenvalue weighted by Crippen LogP contribution is -2.51. The van der Waals surface area contributed by atoms with Gasteiger partial charge in [0.1, 0.15) is 11.9 Å². The number of hydrogen-bond acceptors (Lipinski definition) is 3. The van der Waals surface area contributed by atoms with Crippen molar-refractivity contribution in [3.05, 3.63) is 41.5 Å². The number of fused-ring (bicyclic) bond motifs is 5. The van der Waals surface area contributed by atoms with Crippen molar-refractivity contribution in [2.75, 3.05) is 11.9 Å². The van der Waals surface area contributed by atoms with E-state index >= 15 is 0 Å². The molecule has 0 bridgehead atoms. The predicted octanol–water partition coefficient (Wildman–Crippen LogP) is 10.8. The summed E-state index contributed by atoms with van der Waals surface area (Å²) in [5.74, 6) is 5.73. The van der Waals surface area contributed by atoms with Crippen LogP contribution in [0.15, 0.2) is 35.9 Å². The molecule has 4 aliphatic carbocycles. The van der Waals surface area contributed by atoms with E-state index in [2.05, 4.69) is 56.6 Å². The SMILES string of the molecule is CC(C)CCC[C@@H](C)[C@H]1CC[C@H]2[C@@H]3CC=C4CC(OC(=O)c5ccc(OCCCCBr)cc5)CC[C@]4(C)[C@H]3CC[C@]12C. The number of unbranched alkanes of at least 4 members (excludes halogenated alkanes) is 1. The molecule has 0 amide bonds. The molecule has 42 heavy (non-hydrogen) atoms. The molecule has 0 aliphatic heterocycles. The molecule has 3 fully saturated rings. The molecule has 0 heterocycles. The summed E-state index contributed by atoms with van der Waals surface area (Å²) in [6.45, 7) is 13.3. The van der Waals surface area contributed by atoms with Gasteiger partial charge in [-0.15, -0.1) is 0 Å². The molecule has 8 atom stereocenters. The fourth-order valence-corrected chi connectivity index (χ4v) is 10.4. The van der Waals surface area contributed by atoms with Crippen molar-refractivity contribution in [2.45, 2.75) is 124 Å². The first-order valence-corrected chi connectivity index (χ1v) is 18.5. The van der Waals surface area contributed by atoms with E-state index in [4.69, 9.17) is 9.47 Å². The van der Waals surface area contributed by atoms with E-state index in [1.165, 1.54) is 51.4 Å². The highest BCUT2D eigenvalue weighted by atomic mass is 79.9. The lowest BCUT2D eigenvalue weighted by molar-refractivity contribution is -0.0594. The Morgan fingerprint density at radius 3 is 2.48 bits per heavy atom. The average molecular weight is 642 g/mol. The number of benzene rings is 1. The van der Waals surface area contributed by atoms with Crippen LogP contribution < -0.4 is 4.74 Å². The van der Waals surface area contributed by atoms with Crippen LogP contribution in [-0.4, -0.2) is 24.0 Å². The van der Waals surface area contributed by atoms with Gasteiger partial charge in [-0.05, 0) is 128 Å². The van der Waals surface area contributed by atoms with Crippen LogP contribution in [0.25, 0.3) is 0 Å². The third kappa shape index (κ3) is 6.69. The van der Waals surface area contributed by atoms with Gasteiger partial charge in [0.25, 0.3) is 0 Å². The quantitative estimate of drug-likeness (QED) is 0.0986. The first-order chi connectivity index (χ1) is 20.2. The van der Waals surface area contributed by atoms with E-state index in [1.807, 2.05) is 24.3 Å². The van der Waals surface area contributed by atoms with Gasteiger partial charge in [0.2, 0.25) is 0 Å². The third-order valence-corrected chi connectivity index (χ3v) is 13.0. The summed E-state index contributed by atoms with van der Waals surface area (Å²) in [6, 6.07) is 7.48. The number of rotatable bonds is 12. The summed E-state index contributed by atoms with van der Waals surface area (Å²) in [4.78, 5) is 13.0. The highest BCUT2D eigenvalue weighted by molar-refractivity contribution is 9.09. The van der Waals surface area contributed by atoms with Crippen LogP contribution >= 0.6 is 15.9 Å². The number of halogens is 1. The Bertz CT molecular complexity index is 1080. The Kier molecular flexibility index (Phi) is 10.5. The molecule has 0 radical (unpaired) electrons. The second-order valence-electron chi connectivity index (χ2n) is 15.3. The molecule has 4 aliphatic rings. The topological polar surface area (TPSA) is 35.5 Å².